The Morgan fingerprint density at radius 3 is 2.89 bits per heavy atom. The third kappa shape index (κ3) is 2.86. The summed E-state index contributed by atoms with van der Waals surface area (Å²) < 4.78 is 7.59. The Morgan fingerprint density at radius 1 is 1.53 bits per heavy atom. The van der Waals surface area contributed by atoms with Crippen LogP contribution in [0.3, 0.4) is 0 Å². The molecule has 0 bridgehead atoms. The smallest absolute Gasteiger partial charge is 0.265 e. The van der Waals surface area contributed by atoms with Crippen LogP contribution in [0, 0.1) is 3.57 Å². The van der Waals surface area contributed by atoms with Crippen LogP contribution in [0.1, 0.15) is 25.6 Å². The zero-order valence-corrected chi connectivity index (χ0v) is 13.1. The summed E-state index contributed by atoms with van der Waals surface area (Å²) in [6.45, 7) is 4.41. The first-order valence-corrected chi connectivity index (χ1v) is 6.92. The van der Waals surface area contributed by atoms with Crippen molar-refractivity contribution in [3.8, 4) is 11.5 Å². The number of rotatable bonds is 4. The zero-order chi connectivity index (χ0) is 14.0. The number of aromatic nitrogens is 4. The maximum absolute atomic E-state index is 11.9. The van der Waals surface area contributed by atoms with Crippen molar-refractivity contribution >= 4 is 22.6 Å². The third-order valence-electron chi connectivity index (χ3n) is 2.68. The van der Waals surface area contributed by atoms with Crippen LogP contribution in [0.4, 0.5) is 0 Å². The molecule has 0 saturated carbocycles. The number of nitrogens with one attached hydrogen (secondary N) is 1. The second-order valence-electron chi connectivity index (χ2n) is 4.39. The molecule has 0 fully saturated rings. The molecule has 2 heterocycles. The third-order valence-corrected chi connectivity index (χ3v) is 3.79. The highest BCUT2D eigenvalue weighted by Gasteiger charge is 2.14. The lowest BCUT2D eigenvalue weighted by molar-refractivity contribution is 0.180. The van der Waals surface area contributed by atoms with Gasteiger partial charge in [0, 0.05) is 13.2 Å². The fourth-order valence-corrected chi connectivity index (χ4v) is 2.17. The minimum atomic E-state index is -0.158. The van der Waals surface area contributed by atoms with Crippen molar-refractivity contribution in [2.45, 2.75) is 26.5 Å². The number of ether oxygens (including phenoxy) is 1. The Hall–Kier alpha value is -1.22. The van der Waals surface area contributed by atoms with Gasteiger partial charge in [-0.2, -0.15) is 0 Å². The van der Waals surface area contributed by atoms with Gasteiger partial charge in [-0.05, 0) is 36.4 Å². The molecule has 0 aliphatic carbocycles. The first-order chi connectivity index (χ1) is 9.04. The molecule has 102 valence electrons. The SMILES string of the molecule is COCc1nc(-c2cncn2C(C)C)[nH]c(=O)c1I. The Labute approximate surface area is 124 Å². The summed E-state index contributed by atoms with van der Waals surface area (Å²) in [5.74, 6) is 0.517. The monoisotopic (exact) mass is 374 g/mol. The summed E-state index contributed by atoms with van der Waals surface area (Å²) >= 11 is 1.98. The Bertz CT molecular complexity index is 633. The molecule has 1 N–H and O–H groups in total. The maximum Gasteiger partial charge on any atom is 0.265 e. The molecule has 2 aromatic heterocycles. The molecule has 0 atom stereocenters. The van der Waals surface area contributed by atoms with Gasteiger partial charge in [-0.15, -0.1) is 0 Å². The lowest BCUT2D eigenvalue weighted by Gasteiger charge is -2.12. The molecule has 7 heteroatoms. The summed E-state index contributed by atoms with van der Waals surface area (Å²) in [6.07, 6.45) is 3.43. The number of imidazole rings is 1. The van der Waals surface area contributed by atoms with E-state index >= 15 is 0 Å². The number of methoxy groups -OCH3 is 1. The van der Waals surface area contributed by atoms with Crippen LogP contribution in [-0.4, -0.2) is 26.6 Å². The van der Waals surface area contributed by atoms with Crippen LogP contribution < -0.4 is 5.56 Å². The van der Waals surface area contributed by atoms with Crippen molar-refractivity contribution in [3.05, 3.63) is 32.1 Å². The van der Waals surface area contributed by atoms with E-state index in [1.807, 2.05) is 41.0 Å². The standard InChI is InChI=1S/C12H15IN4O2/c1-7(2)17-6-14-4-9(17)11-15-8(5-19-3)10(13)12(18)16-11/h4,6-7H,5H2,1-3H3,(H,15,16,18). The van der Waals surface area contributed by atoms with Crippen LogP contribution in [0.2, 0.25) is 0 Å². The van der Waals surface area contributed by atoms with E-state index in [4.69, 9.17) is 4.74 Å². The predicted molar refractivity (Wildman–Crippen MR) is 79.9 cm³/mol. The lowest BCUT2D eigenvalue weighted by atomic mass is 10.3. The first kappa shape index (κ1) is 14.2. The molecular weight excluding hydrogens is 359 g/mol. The summed E-state index contributed by atoms with van der Waals surface area (Å²) in [4.78, 5) is 23.3. The highest BCUT2D eigenvalue weighted by atomic mass is 127. The van der Waals surface area contributed by atoms with Gasteiger partial charge in [0.2, 0.25) is 0 Å². The molecule has 0 spiro atoms. The van der Waals surface area contributed by atoms with Gasteiger partial charge in [0.1, 0.15) is 9.26 Å². The van der Waals surface area contributed by atoms with Crippen LogP contribution >= 0.6 is 22.6 Å². The molecule has 6 nitrogen and oxygen atoms in total. The quantitative estimate of drug-likeness (QED) is 0.831. The molecule has 19 heavy (non-hydrogen) atoms. The van der Waals surface area contributed by atoms with Gasteiger partial charge >= 0.3 is 0 Å². The van der Waals surface area contributed by atoms with Gasteiger partial charge in [0.25, 0.3) is 5.56 Å². The van der Waals surface area contributed by atoms with Crippen molar-refractivity contribution in [2.75, 3.05) is 7.11 Å². The molecular formula is C12H15IN4O2. The minimum absolute atomic E-state index is 0.158. The maximum atomic E-state index is 11.9. The van der Waals surface area contributed by atoms with Crippen LogP contribution in [-0.2, 0) is 11.3 Å². The fourth-order valence-electron chi connectivity index (χ4n) is 1.76. The number of hydrogen-bond donors (Lipinski definition) is 1. The summed E-state index contributed by atoms with van der Waals surface area (Å²) in [7, 11) is 1.58. The zero-order valence-electron chi connectivity index (χ0n) is 11.0. The van der Waals surface area contributed by atoms with E-state index in [1.54, 1.807) is 19.6 Å². The van der Waals surface area contributed by atoms with E-state index in [9.17, 15) is 4.79 Å². The van der Waals surface area contributed by atoms with Crippen molar-refractivity contribution < 1.29 is 4.74 Å². The minimum Gasteiger partial charge on any atom is -0.378 e. The number of hydrogen-bond acceptors (Lipinski definition) is 4. The normalized spacial score (nSPS) is 11.2. The number of H-pyrrole nitrogens is 1. The summed E-state index contributed by atoms with van der Waals surface area (Å²) in [5, 5.41) is 0. The summed E-state index contributed by atoms with van der Waals surface area (Å²) in [5.41, 5.74) is 1.27. The predicted octanol–water partition coefficient (Wildman–Crippen LogP) is 1.97. The molecule has 0 saturated heterocycles. The summed E-state index contributed by atoms with van der Waals surface area (Å²) in [6, 6.07) is 0.243. The molecule has 0 aliphatic heterocycles. The molecule has 0 aliphatic rings. The highest BCUT2D eigenvalue weighted by Crippen LogP contribution is 2.19. The number of nitrogens with zero attached hydrogens (tertiary/aromatic N) is 3. The van der Waals surface area contributed by atoms with Crippen molar-refractivity contribution in [2.24, 2.45) is 0 Å². The molecule has 2 rings (SSSR count). The van der Waals surface area contributed by atoms with Gasteiger partial charge in [-0.3, -0.25) is 4.79 Å². The van der Waals surface area contributed by atoms with Gasteiger partial charge in [-0.1, -0.05) is 0 Å². The van der Waals surface area contributed by atoms with E-state index in [0.717, 1.165) is 5.69 Å². The van der Waals surface area contributed by atoms with Gasteiger partial charge in [0.05, 0.1) is 24.8 Å². The van der Waals surface area contributed by atoms with Crippen LogP contribution in [0.25, 0.3) is 11.5 Å². The highest BCUT2D eigenvalue weighted by molar-refractivity contribution is 14.1. The van der Waals surface area contributed by atoms with Gasteiger partial charge < -0.3 is 14.3 Å². The molecule has 0 aromatic carbocycles. The lowest BCUT2D eigenvalue weighted by Crippen LogP contribution is -2.18. The molecule has 0 unspecified atom stereocenters. The molecule has 2 aromatic rings. The number of halogens is 1. The van der Waals surface area contributed by atoms with E-state index in [2.05, 4.69) is 15.0 Å². The van der Waals surface area contributed by atoms with Crippen molar-refractivity contribution in [1.82, 2.24) is 19.5 Å². The van der Waals surface area contributed by atoms with E-state index in [1.165, 1.54) is 0 Å². The van der Waals surface area contributed by atoms with Crippen molar-refractivity contribution in [3.63, 3.8) is 0 Å². The second kappa shape index (κ2) is 5.83. The van der Waals surface area contributed by atoms with Gasteiger partial charge in [-0.25, -0.2) is 9.97 Å². The Kier molecular flexibility index (Phi) is 4.35. The fraction of sp³-hybridized carbons (Fsp3) is 0.417. The van der Waals surface area contributed by atoms with Crippen molar-refractivity contribution in [1.29, 1.82) is 0 Å². The second-order valence-corrected chi connectivity index (χ2v) is 5.47. The van der Waals surface area contributed by atoms with E-state index in [-0.39, 0.29) is 11.6 Å². The Balaban J connectivity index is 2.56. The van der Waals surface area contributed by atoms with Crippen LogP contribution in [0.15, 0.2) is 17.3 Å². The average Bonchev–Trinajstić information content (AvgIpc) is 2.84. The first-order valence-electron chi connectivity index (χ1n) is 5.84. The van der Waals surface area contributed by atoms with Gasteiger partial charge in [0.15, 0.2) is 5.82 Å². The average molecular weight is 374 g/mol. The molecule has 0 radical (unpaired) electrons. The topological polar surface area (TPSA) is 72.8 Å². The van der Waals surface area contributed by atoms with E-state index < -0.39 is 0 Å². The number of aromatic amines is 1. The largest absolute Gasteiger partial charge is 0.378 e. The van der Waals surface area contributed by atoms with E-state index in [0.29, 0.717) is 21.7 Å². The van der Waals surface area contributed by atoms with Crippen LogP contribution in [0.5, 0.6) is 0 Å². The molecule has 0 amide bonds. The Morgan fingerprint density at radius 2 is 2.26 bits per heavy atom.